The Labute approximate surface area is 161 Å². The number of ketones is 1. The van der Waals surface area contributed by atoms with Crippen LogP contribution >= 0.6 is 0 Å². The van der Waals surface area contributed by atoms with E-state index in [1.54, 1.807) is 6.20 Å². The lowest BCUT2D eigenvalue weighted by Gasteiger charge is -2.58. The molecule has 4 bridgehead atoms. The molecule has 0 spiro atoms. The Hall–Kier alpha value is -1.68. The van der Waals surface area contributed by atoms with E-state index >= 15 is 0 Å². The van der Waals surface area contributed by atoms with Crippen LogP contribution in [0.4, 0.5) is 5.69 Å². The van der Waals surface area contributed by atoms with Crippen LogP contribution < -0.4 is 5.32 Å². The molecule has 27 heavy (non-hydrogen) atoms. The molecule has 144 valence electrons. The van der Waals surface area contributed by atoms with E-state index in [1.807, 2.05) is 0 Å². The molecule has 0 radical (unpaired) electrons. The van der Waals surface area contributed by atoms with Gasteiger partial charge in [-0.2, -0.15) is 0 Å². The van der Waals surface area contributed by atoms with Gasteiger partial charge in [0, 0.05) is 30.6 Å². The molecule has 4 nitrogen and oxygen atoms in total. The summed E-state index contributed by atoms with van der Waals surface area (Å²) >= 11 is 0. The second-order valence-corrected chi connectivity index (χ2v) is 9.90. The maximum absolute atomic E-state index is 12.9. The van der Waals surface area contributed by atoms with E-state index in [9.17, 15) is 9.90 Å². The summed E-state index contributed by atoms with van der Waals surface area (Å²) < 4.78 is 0. The van der Waals surface area contributed by atoms with Gasteiger partial charge >= 0.3 is 0 Å². The van der Waals surface area contributed by atoms with E-state index in [0.29, 0.717) is 36.1 Å². The summed E-state index contributed by atoms with van der Waals surface area (Å²) in [4.78, 5) is 17.5. The van der Waals surface area contributed by atoms with Gasteiger partial charge in [0.25, 0.3) is 0 Å². The molecule has 3 unspecified atom stereocenters. The summed E-state index contributed by atoms with van der Waals surface area (Å²) in [5.41, 5.74) is 3.51. The summed E-state index contributed by atoms with van der Waals surface area (Å²) in [5.74, 6) is 2.25. The van der Waals surface area contributed by atoms with Crippen LogP contribution in [-0.4, -0.2) is 27.5 Å². The summed E-state index contributed by atoms with van der Waals surface area (Å²) in [6.07, 6.45) is 12.7. The van der Waals surface area contributed by atoms with Gasteiger partial charge in [0.1, 0.15) is 0 Å². The summed E-state index contributed by atoms with van der Waals surface area (Å²) in [7, 11) is 0. The Morgan fingerprint density at radius 3 is 2.70 bits per heavy atom. The minimum atomic E-state index is -0.426. The van der Waals surface area contributed by atoms with E-state index in [1.165, 1.54) is 12.8 Å². The van der Waals surface area contributed by atoms with Crippen LogP contribution in [0, 0.1) is 23.7 Å². The van der Waals surface area contributed by atoms with Gasteiger partial charge < -0.3 is 10.4 Å². The van der Waals surface area contributed by atoms with E-state index in [0.717, 1.165) is 48.2 Å². The quantitative estimate of drug-likeness (QED) is 0.766. The van der Waals surface area contributed by atoms with Gasteiger partial charge in [-0.15, -0.1) is 0 Å². The van der Waals surface area contributed by atoms with Gasteiger partial charge in [0.15, 0.2) is 5.78 Å². The lowest BCUT2D eigenvalue weighted by molar-refractivity contribution is -0.129. The first-order chi connectivity index (χ1) is 12.9. The molecule has 4 heteroatoms. The molecule has 4 fully saturated rings. The molecule has 6 rings (SSSR count). The summed E-state index contributed by atoms with van der Waals surface area (Å²) in [6, 6.07) is 0.368. The number of fused-ring (bicyclic) bond motifs is 1. The third-order valence-corrected chi connectivity index (χ3v) is 7.24. The molecule has 1 aromatic heterocycles. The number of aromatic nitrogens is 1. The number of pyridine rings is 1. The van der Waals surface area contributed by atoms with Crippen LogP contribution in [0.2, 0.25) is 0 Å². The van der Waals surface area contributed by atoms with Gasteiger partial charge in [-0.1, -0.05) is 26.0 Å². The molecule has 1 aromatic rings. The molecule has 5 atom stereocenters. The normalized spacial score (nSPS) is 35.7. The van der Waals surface area contributed by atoms with Crippen LogP contribution in [0.15, 0.2) is 12.3 Å². The fourth-order valence-corrected chi connectivity index (χ4v) is 6.43. The Morgan fingerprint density at radius 2 is 2.04 bits per heavy atom. The Balaban J connectivity index is 1.49. The molecule has 2 N–H and O–H groups in total. The molecule has 1 heterocycles. The lowest BCUT2D eigenvalue weighted by atomic mass is 9.52. The molecule has 4 saturated carbocycles. The number of hydrogen-bond donors (Lipinski definition) is 2. The van der Waals surface area contributed by atoms with Crippen molar-refractivity contribution in [3.8, 4) is 0 Å². The summed E-state index contributed by atoms with van der Waals surface area (Å²) in [6.45, 7) is 4.17. The van der Waals surface area contributed by atoms with E-state index in [-0.39, 0.29) is 5.78 Å². The highest BCUT2D eigenvalue weighted by Crippen LogP contribution is 2.56. The zero-order chi connectivity index (χ0) is 18.8. The molecule has 5 aliphatic carbocycles. The molecule has 0 saturated heterocycles. The van der Waals surface area contributed by atoms with Crippen LogP contribution in [0.25, 0.3) is 6.08 Å². The predicted molar refractivity (Wildman–Crippen MR) is 107 cm³/mol. The van der Waals surface area contributed by atoms with Crippen LogP contribution in [0.3, 0.4) is 0 Å². The number of allylic oxidation sites excluding steroid dienone is 1. The number of aliphatic hydroxyl groups is 1. The number of nitrogens with one attached hydrogen (secondary N) is 1. The number of hydrogen-bond acceptors (Lipinski definition) is 4. The second kappa shape index (κ2) is 6.16. The highest BCUT2D eigenvalue weighted by molar-refractivity contribution is 6.03. The lowest BCUT2D eigenvalue weighted by Crippen LogP contribution is -2.59. The van der Waals surface area contributed by atoms with Crippen LogP contribution in [0.5, 0.6) is 0 Å². The average Bonchev–Trinajstić information content (AvgIpc) is 3.04. The van der Waals surface area contributed by atoms with Gasteiger partial charge in [-0.25, -0.2) is 0 Å². The van der Waals surface area contributed by atoms with Gasteiger partial charge in [0.05, 0.1) is 22.5 Å². The number of Topliss-reactive ketones (excluding diaryl/α,β-unsaturated/α-hetero) is 1. The minimum Gasteiger partial charge on any atom is -0.390 e. The monoisotopic (exact) mass is 366 g/mol. The first kappa shape index (κ1) is 17.4. The Morgan fingerprint density at radius 1 is 1.30 bits per heavy atom. The zero-order valence-corrected chi connectivity index (χ0v) is 16.4. The van der Waals surface area contributed by atoms with E-state index in [4.69, 9.17) is 0 Å². The molecule has 0 aliphatic heterocycles. The van der Waals surface area contributed by atoms with Crippen LogP contribution in [-0.2, 0) is 6.42 Å². The number of anilines is 1. The maximum Gasteiger partial charge on any atom is 0.166 e. The number of carbonyl (C=O) groups excluding carboxylic acids is 1. The number of carbonyl (C=O) groups is 1. The molecular weight excluding hydrogens is 336 g/mol. The average molecular weight is 367 g/mol. The summed E-state index contributed by atoms with van der Waals surface area (Å²) in [5, 5.41) is 14.7. The zero-order valence-electron chi connectivity index (χ0n) is 16.4. The molecular formula is C23H30N2O2. The maximum atomic E-state index is 12.9. The van der Waals surface area contributed by atoms with Crippen LogP contribution in [0.1, 0.15) is 74.0 Å². The van der Waals surface area contributed by atoms with Crippen molar-refractivity contribution in [2.24, 2.45) is 23.7 Å². The molecule has 5 aliphatic rings. The fourth-order valence-electron chi connectivity index (χ4n) is 6.43. The van der Waals surface area contributed by atoms with Gasteiger partial charge in [-0.05, 0) is 55.8 Å². The standard InChI is InChI=1S/C23H30N2O2/c1-13(2)6-20(26)18-12-24-19-5-3-4-17(19)22(18)25-21-15-7-14-8-16(21)11-23(27,9-14)10-15/h3-4,12-16,21,27H,5-11H2,1-2H3,(H,24,25)/t14?,15-,16+,21?,23?. The largest absolute Gasteiger partial charge is 0.390 e. The first-order valence-corrected chi connectivity index (χ1v) is 10.6. The van der Waals surface area contributed by atoms with Gasteiger partial charge in [0.2, 0.25) is 0 Å². The van der Waals surface area contributed by atoms with Crippen molar-refractivity contribution in [2.75, 3.05) is 5.32 Å². The van der Waals surface area contributed by atoms with Crippen molar-refractivity contribution in [2.45, 2.75) is 70.4 Å². The number of rotatable bonds is 5. The minimum absolute atomic E-state index is 0.186. The van der Waals surface area contributed by atoms with Crippen molar-refractivity contribution in [1.29, 1.82) is 0 Å². The molecule has 0 amide bonds. The Kier molecular flexibility index (Phi) is 3.98. The Bertz CT molecular complexity index is 797. The third-order valence-electron chi connectivity index (χ3n) is 7.24. The van der Waals surface area contributed by atoms with E-state index < -0.39 is 5.60 Å². The second-order valence-electron chi connectivity index (χ2n) is 9.90. The third kappa shape index (κ3) is 2.93. The van der Waals surface area contributed by atoms with Crippen molar-refractivity contribution >= 4 is 17.5 Å². The van der Waals surface area contributed by atoms with Crippen molar-refractivity contribution in [3.63, 3.8) is 0 Å². The van der Waals surface area contributed by atoms with E-state index in [2.05, 4.69) is 36.3 Å². The fraction of sp³-hybridized carbons (Fsp3) is 0.652. The number of nitrogens with zero attached hydrogens (tertiary/aromatic N) is 1. The van der Waals surface area contributed by atoms with Crippen molar-refractivity contribution in [1.82, 2.24) is 4.98 Å². The first-order valence-electron chi connectivity index (χ1n) is 10.6. The highest BCUT2D eigenvalue weighted by atomic mass is 16.3. The topological polar surface area (TPSA) is 62.2 Å². The van der Waals surface area contributed by atoms with Crippen molar-refractivity contribution in [3.05, 3.63) is 29.1 Å². The van der Waals surface area contributed by atoms with Crippen molar-refractivity contribution < 1.29 is 9.90 Å². The predicted octanol–water partition coefficient (Wildman–Crippen LogP) is 4.23. The molecule has 0 aromatic carbocycles. The SMILES string of the molecule is CC(C)CC(=O)c1cnc2c(c1NC1[C@@H]3CC4C[C@H]1CC(O)(C4)C3)C=CC2. The highest BCUT2D eigenvalue weighted by Gasteiger charge is 2.54. The van der Waals surface area contributed by atoms with Gasteiger partial charge in [-0.3, -0.25) is 9.78 Å². The smallest absolute Gasteiger partial charge is 0.166 e.